The lowest BCUT2D eigenvalue weighted by atomic mass is 9.68. The first-order valence-electron chi connectivity index (χ1n) is 49.8. The fourth-order valence-electron chi connectivity index (χ4n) is 24.9. The van der Waals surface area contributed by atoms with E-state index in [4.69, 9.17) is 34.9 Å². The van der Waals surface area contributed by atoms with Crippen LogP contribution in [0.25, 0.3) is 259 Å². The predicted octanol–water partition coefficient (Wildman–Crippen LogP) is 34.1. The van der Waals surface area contributed by atoms with Crippen molar-refractivity contribution in [3.8, 4) is 96.5 Å². The van der Waals surface area contributed by atoms with Gasteiger partial charge in [0.1, 0.15) is 0 Å². The summed E-state index contributed by atoms with van der Waals surface area (Å²) in [6.45, 7) is 14.2. The molecule has 31 rings (SSSR count). The molecule has 0 aliphatic heterocycles. The van der Waals surface area contributed by atoms with Crippen LogP contribution in [-0.4, -0.2) is 48.6 Å². The molecule has 6 aromatic heterocycles. The summed E-state index contributed by atoms with van der Waals surface area (Å²) in [4.78, 5) is 37.1. The summed E-state index contributed by atoms with van der Waals surface area (Å²) >= 11 is 0. The zero-order valence-corrected chi connectivity index (χ0v) is 80.0. The molecule has 0 amide bonds. The molecule has 0 bridgehead atoms. The van der Waals surface area contributed by atoms with Crippen LogP contribution in [0.5, 0.6) is 0 Å². The molecule has 0 spiro atoms. The van der Waals surface area contributed by atoms with Crippen LogP contribution in [0, 0.1) is 0 Å². The van der Waals surface area contributed by atoms with E-state index in [-0.39, 0.29) is 16.2 Å². The van der Waals surface area contributed by atoms with Gasteiger partial charge >= 0.3 is 0 Å². The average molecular weight is 1840 g/mol. The Morgan fingerprint density at radius 1 is 0.181 bits per heavy atom. The van der Waals surface area contributed by atoms with Crippen molar-refractivity contribution in [3.05, 3.63) is 470 Å². The molecule has 10 nitrogen and oxygen atoms in total. The third kappa shape index (κ3) is 12.2. The molecule has 28 aromatic rings. The minimum absolute atomic E-state index is 0.117. The Morgan fingerprint density at radius 2 is 0.472 bits per heavy atom. The Hall–Kier alpha value is -18.3. The molecule has 144 heavy (non-hydrogen) atoms. The van der Waals surface area contributed by atoms with Crippen molar-refractivity contribution in [3.63, 3.8) is 0 Å². The zero-order chi connectivity index (χ0) is 95.7. The second kappa shape index (κ2) is 31.4. The van der Waals surface area contributed by atoms with Crippen molar-refractivity contribution < 1.29 is 0 Å². The Bertz CT molecular complexity index is 10300. The van der Waals surface area contributed by atoms with E-state index in [0.29, 0.717) is 29.5 Å². The number of rotatable bonds is 7. The highest BCUT2D eigenvalue weighted by Gasteiger charge is 2.41. The van der Waals surface area contributed by atoms with Crippen molar-refractivity contribution in [1.29, 1.82) is 0 Å². The molecule has 0 unspecified atom stereocenters. The number of aromatic nitrogens is 10. The summed E-state index contributed by atoms with van der Waals surface area (Å²) in [6.07, 6.45) is 0. The molecular formula is C134H90N10. The SMILES string of the molecule is CC1(C)c2ccccc2-c2c3c1cccc3cc1c2c2ccc3ccccc3c2n1-c1nc(-c2ccc3ccccc3c2)c2ccccc2n1.CC1(C)c2ccccc2-c2c3c1cccc3cc1c2c2ccc3ccccc3c2n1-c1nc(-c2ccccc2)c2ccccc2n1.CC1(C)c2ccccc2-c2c3c1cccc3cc1c2c2ccc3ccccc3c2n1-c1nc(-c2ccccc2)nc(-c2ccccc2)n1. The Labute approximate surface area is 829 Å². The molecule has 6 heterocycles. The number of hydrogen-bond donors (Lipinski definition) is 0. The maximum atomic E-state index is 5.51. The molecule has 0 atom stereocenters. The van der Waals surface area contributed by atoms with Crippen LogP contribution in [-0.2, 0) is 16.2 Å². The van der Waals surface area contributed by atoms with Crippen LogP contribution in [0.1, 0.15) is 74.9 Å². The van der Waals surface area contributed by atoms with Gasteiger partial charge in [-0.15, -0.1) is 0 Å². The van der Waals surface area contributed by atoms with Gasteiger partial charge < -0.3 is 0 Å². The lowest BCUT2D eigenvalue weighted by Crippen LogP contribution is -2.23. The summed E-state index contributed by atoms with van der Waals surface area (Å²) in [5.74, 6) is 3.25. The number of para-hydroxylation sites is 2. The normalized spacial score (nSPS) is 13.5. The Balaban J connectivity index is 0.000000103. The van der Waals surface area contributed by atoms with Crippen molar-refractivity contribution in [1.82, 2.24) is 48.6 Å². The van der Waals surface area contributed by atoms with Crippen LogP contribution in [0.2, 0.25) is 0 Å². The molecule has 0 N–H and O–H groups in total. The first kappa shape index (κ1) is 82.8. The van der Waals surface area contributed by atoms with Crippen molar-refractivity contribution in [2.24, 2.45) is 0 Å². The Kier molecular flexibility index (Phi) is 18.0. The van der Waals surface area contributed by atoms with Gasteiger partial charge in [0.05, 0.1) is 55.5 Å². The third-order valence-electron chi connectivity index (χ3n) is 31.5. The van der Waals surface area contributed by atoms with E-state index in [1.54, 1.807) is 0 Å². The molecule has 10 heteroatoms. The van der Waals surface area contributed by atoms with Gasteiger partial charge in [0.15, 0.2) is 11.6 Å². The number of fused-ring (bicyclic) bond motifs is 27. The van der Waals surface area contributed by atoms with Crippen LogP contribution >= 0.6 is 0 Å². The summed E-state index contributed by atoms with van der Waals surface area (Å²) < 4.78 is 6.96. The molecule has 0 fully saturated rings. The molecule has 0 saturated heterocycles. The Morgan fingerprint density at radius 3 is 0.861 bits per heavy atom. The lowest BCUT2D eigenvalue weighted by Gasteiger charge is -2.35. The summed E-state index contributed by atoms with van der Waals surface area (Å²) in [5, 5.41) is 26.6. The molecule has 22 aromatic carbocycles. The van der Waals surface area contributed by atoms with E-state index in [1.807, 2.05) is 36.4 Å². The smallest absolute Gasteiger partial charge is 0.238 e. The first-order valence-corrected chi connectivity index (χ1v) is 49.8. The van der Waals surface area contributed by atoms with Gasteiger partial charge in [-0.3, -0.25) is 13.7 Å². The lowest BCUT2D eigenvalue weighted by molar-refractivity contribution is 0.645. The van der Waals surface area contributed by atoms with E-state index in [0.717, 1.165) is 93.9 Å². The highest BCUT2D eigenvalue weighted by molar-refractivity contribution is 6.32. The van der Waals surface area contributed by atoms with Gasteiger partial charge in [-0.1, -0.05) is 442 Å². The maximum absolute atomic E-state index is 5.51. The van der Waals surface area contributed by atoms with Crippen molar-refractivity contribution in [2.45, 2.75) is 57.8 Å². The minimum atomic E-state index is -0.134. The molecule has 3 aliphatic carbocycles. The number of benzene rings is 22. The third-order valence-corrected chi connectivity index (χ3v) is 31.5. The highest BCUT2D eigenvalue weighted by atomic mass is 15.2. The van der Waals surface area contributed by atoms with E-state index < -0.39 is 0 Å². The van der Waals surface area contributed by atoms with Crippen LogP contribution in [0.4, 0.5) is 0 Å². The number of hydrogen-bond acceptors (Lipinski definition) is 7. The highest BCUT2D eigenvalue weighted by Crippen LogP contribution is 2.59. The summed E-state index contributed by atoms with van der Waals surface area (Å²) in [5.41, 5.74) is 30.0. The van der Waals surface area contributed by atoms with Gasteiger partial charge in [-0.25, -0.2) is 24.9 Å². The van der Waals surface area contributed by atoms with E-state index in [1.165, 1.54) is 169 Å². The molecule has 0 radical (unpaired) electrons. The van der Waals surface area contributed by atoms with Crippen molar-refractivity contribution in [2.75, 3.05) is 0 Å². The molecule has 3 aliphatic rings. The largest absolute Gasteiger partial charge is 0.277 e. The topological polar surface area (TPSA) is 105 Å². The summed E-state index contributed by atoms with van der Waals surface area (Å²) in [7, 11) is 0. The minimum Gasteiger partial charge on any atom is -0.277 e. The van der Waals surface area contributed by atoms with E-state index in [2.05, 4.69) is 456 Å². The molecule has 676 valence electrons. The van der Waals surface area contributed by atoms with Gasteiger partial charge in [0.25, 0.3) is 0 Å². The van der Waals surface area contributed by atoms with Crippen LogP contribution in [0.15, 0.2) is 437 Å². The monoisotopic (exact) mass is 1840 g/mol. The second-order valence-corrected chi connectivity index (χ2v) is 40.4. The average Bonchev–Trinajstić information content (AvgIpc) is 1.49. The van der Waals surface area contributed by atoms with Gasteiger partial charge in [0, 0.05) is 114 Å². The van der Waals surface area contributed by atoms with Gasteiger partial charge in [0.2, 0.25) is 17.8 Å². The fraction of sp³-hybridized carbons (Fsp3) is 0.0672. The second-order valence-electron chi connectivity index (χ2n) is 40.4. The quantitative estimate of drug-likeness (QED) is 0.156. The molecule has 0 saturated carbocycles. The van der Waals surface area contributed by atoms with Gasteiger partial charge in [-0.05, 0) is 146 Å². The number of nitrogens with zero attached hydrogens (tertiary/aromatic N) is 10. The zero-order valence-electron chi connectivity index (χ0n) is 80.0. The van der Waals surface area contributed by atoms with Gasteiger partial charge in [-0.2, -0.15) is 9.97 Å². The predicted molar refractivity (Wildman–Crippen MR) is 599 cm³/mol. The fourth-order valence-corrected chi connectivity index (χ4v) is 24.9. The maximum Gasteiger partial charge on any atom is 0.238 e. The van der Waals surface area contributed by atoms with Crippen LogP contribution in [0.3, 0.4) is 0 Å². The first-order chi connectivity index (χ1) is 70.7. The van der Waals surface area contributed by atoms with Crippen molar-refractivity contribution >= 4 is 163 Å². The molecular weight excluding hydrogens is 1750 g/mol. The van der Waals surface area contributed by atoms with E-state index in [9.17, 15) is 0 Å². The standard InChI is InChI=1S/C47H31N3.C44H30N4.C43H29N3/c1-47(2)37-19-9-7-17-34(37)43-41-31(15-11-20-38(41)47)27-40-42(43)36-25-24-29-13-5-6-16-33(29)45(36)50(40)46-48-39-21-10-8-18-35(39)44(49-46)32-23-22-28-12-3-4-14-30(28)26-32;1-44(2)34-22-12-11-21-32(34)39-37-30(19-13-23-35(37)44)26-36-38(39)33-25-24-27-14-9-10-20-31(27)40(33)48(36)43-46-41(28-15-5-3-6-16-28)45-42(47-43)29-17-7-4-8-18-29;1-43(2)33-20-10-8-18-30(33)39-37-28(16-12-21-34(37)43)25-36-38(39)32-24-23-26-13-6-7-17-29(26)41(32)46(36)42-44-35-22-11-9-19-31(35)40(45-42)27-14-4-3-5-15-27/h3-27H,1-2H3;3-26H,1-2H3;3-25H,1-2H3. The van der Waals surface area contributed by atoms with Crippen LogP contribution < -0.4 is 0 Å². The summed E-state index contributed by atoms with van der Waals surface area (Å²) in [6, 6.07) is 157. The van der Waals surface area contributed by atoms with E-state index >= 15 is 0 Å².